The van der Waals surface area contributed by atoms with Gasteiger partial charge in [0.1, 0.15) is 23.1 Å². The second-order valence-corrected chi connectivity index (χ2v) is 4.49. The van der Waals surface area contributed by atoms with Crippen LogP contribution in [-0.4, -0.2) is 23.1 Å². The normalized spacial score (nSPS) is 10.2. The third-order valence-corrected chi connectivity index (χ3v) is 2.44. The summed E-state index contributed by atoms with van der Waals surface area (Å²) >= 11 is 0. The van der Waals surface area contributed by atoms with Gasteiger partial charge in [0.25, 0.3) is 0 Å². The van der Waals surface area contributed by atoms with Crippen molar-refractivity contribution in [2.75, 3.05) is 0 Å². The van der Waals surface area contributed by atoms with Gasteiger partial charge in [-0.1, -0.05) is 0 Å². The number of ketones is 4. The molecular weight excluding hydrogens is 248 g/mol. The molecule has 19 heavy (non-hydrogen) atoms. The lowest BCUT2D eigenvalue weighted by Crippen LogP contribution is -2.07. The highest BCUT2D eigenvalue weighted by Crippen LogP contribution is 2.12. The predicted molar refractivity (Wildman–Crippen MR) is 67.0 cm³/mol. The van der Waals surface area contributed by atoms with Gasteiger partial charge >= 0.3 is 0 Å². The Hall–Kier alpha value is -2.04. The number of carbonyl (C=O) groups excluding carboxylic acids is 4. The van der Waals surface area contributed by atoms with Crippen molar-refractivity contribution in [2.45, 2.75) is 39.5 Å². The number of Topliss-reactive ketones (excluding diaryl/α,β-unsaturated/α-hetero) is 4. The molecule has 0 aliphatic rings. The van der Waals surface area contributed by atoms with Crippen LogP contribution in [-0.2, 0) is 20.8 Å². The molecule has 0 fully saturated rings. The van der Waals surface area contributed by atoms with Crippen molar-refractivity contribution >= 4 is 23.1 Å². The lowest BCUT2D eigenvalue weighted by Gasteiger charge is -1.97. The largest absolute Gasteiger partial charge is 0.458 e. The molecule has 0 radical (unpaired) electrons. The minimum Gasteiger partial charge on any atom is -0.458 e. The summed E-state index contributed by atoms with van der Waals surface area (Å²) in [6, 6.07) is 3.07. The van der Waals surface area contributed by atoms with Crippen molar-refractivity contribution in [2.24, 2.45) is 0 Å². The Balaban J connectivity index is 2.49. The molecule has 5 nitrogen and oxygen atoms in total. The maximum atomic E-state index is 11.7. The highest BCUT2D eigenvalue weighted by atomic mass is 16.3. The molecule has 1 aromatic heterocycles. The van der Waals surface area contributed by atoms with Crippen LogP contribution in [0.3, 0.4) is 0 Å². The van der Waals surface area contributed by atoms with Crippen molar-refractivity contribution < 1.29 is 23.6 Å². The summed E-state index contributed by atoms with van der Waals surface area (Å²) in [7, 11) is 0. The van der Waals surface area contributed by atoms with Crippen molar-refractivity contribution in [3.8, 4) is 0 Å². The molecule has 0 aromatic carbocycles. The first-order valence-electron chi connectivity index (χ1n) is 6.01. The van der Waals surface area contributed by atoms with Crippen LogP contribution in [0.4, 0.5) is 0 Å². The standard InChI is InChI=1S/C14H16O5/c1-9(15)7-11(17)3-5-13(18)14-6-4-12(19-14)8-10(2)16/h4,6H,3,5,7-8H2,1-2H3. The predicted octanol–water partition coefficient (Wildman–Crippen LogP) is 1.92. The summed E-state index contributed by atoms with van der Waals surface area (Å²) in [6.07, 6.45) is 0.0534. The average Bonchev–Trinajstić information content (AvgIpc) is 2.72. The van der Waals surface area contributed by atoms with Gasteiger partial charge in [0, 0.05) is 12.8 Å². The summed E-state index contributed by atoms with van der Waals surface area (Å²) in [4.78, 5) is 44.6. The monoisotopic (exact) mass is 264 g/mol. The Kier molecular flexibility index (Phi) is 5.36. The number of hydrogen-bond donors (Lipinski definition) is 0. The van der Waals surface area contributed by atoms with Gasteiger partial charge in [0.05, 0.1) is 12.8 Å². The summed E-state index contributed by atoms with van der Waals surface area (Å²) in [6.45, 7) is 2.77. The van der Waals surface area contributed by atoms with E-state index in [0.717, 1.165) is 0 Å². The van der Waals surface area contributed by atoms with Crippen LogP contribution in [0.2, 0.25) is 0 Å². The second kappa shape index (κ2) is 6.78. The van der Waals surface area contributed by atoms with Crippen LogP contribution in [0.25, 0.3) is 0 Å². The third-order valence-electron chi connectivity index (χ3n) is 2.44. The molecule has 0 bridgehead atoms. The Morgan fingerprint density at radius 2 is 1.68 bits per heavy atom. The van der Waals surface area contributed by atoms with Crippen LogP contribution < -0.4 is 0 Å². The van der Waals surface area contributed by atoms with Gasteiger partial charge in [-0.25, -0.2) is 0 Å². The molecule has 1 aromatic rings. The molecule has 0 aliphatic heterocycles. The van der Waals surface area contributed by atoms with Gasteiger partial charge in [0.2, 0.25) is 0 Å². The Bertz CT molecular complexity index is 510. The van der Waals surface area contributed by atoms with E-state index in [1.807, 2.05) is 0 Å². The number of furan rings is 1. The first-order valence-corrected chi connectivity index (χ1v) is 6.01. The van der Waals surface area contributed by atoms with Crippen molar-refractivity contribution in [1.29, 1.82) is 0 Å². The number of hydrogen-bond acceptors (Lipinski definition) is 5. The zero-order chi connectivity index (χ0) is 14.4. The maximum Gasteiger partial charge on any atom is 0.198 e. The molecule has 0 atom stereocenters. The van der Waals surface area contributed by atoms with Gasteiger partial charge in [-0.2, -0.15) is 0 Å². The van der Waals surface area contributed by atoms with Crippen LogP contribution in [0.1, 0.15) is 49.4 Å². The minimum absolute atomic E-state index is 0.0130. The van der Waals surface area contributed by atoms with Gasteiger partial charge in [-0.05, 0) is 26.0 Å². The zero-order valence-corrected chi connectivity index (χ0v) is 11.0. The molecule has 0 aliphatic carbocycles. The first kappa shape index (κ1) is 15.0. The fourth-order valence-electron chi connectivity index (χ4n) is 1.61. The van der Waals surface area contributed by atoms with Crippen LogP contribution in [0.15, 0.2) is 16.5 Å². The molecule has 0 unspecified atom stereocenters. The molecule has 0 amide bonds. The SMILES string of the molecule is CC(=O)CC(=O)CCC(=O)c1ccc(CC(C)=O)o1. The summed E-state index contributed by atoms with van der Waals surface area (Å²) in [5.41, 5.74) is 0. The van der Waals surface area contributed by atoms with Crippen molar-refractivity contribution in [3.63, 3.8) is 0 Å². The second-order valence-electron chi connectivity index (χ2n) is 4.49. The van der Waals surface area contributed by atoms with E-state index < -0.39 is 0 Å². The van der Waals surface area contributed by atoms with Gasteiger partial charge in [0.15, 0.2) is 11.5 Å². The minimum atomic E-state index is -0.299. The Morgan fingerprint density at radius 3 is 2.26 bits per heavy atom. The van der Waals surface area contributed by atoms with E-state index >= 15 is 0 Å². The summed E-state index contributed by atoms with van der Waals surface area (Å²) in [5, 5.41) is 0. The zero-order valence-electron chi connectivity index (χ0n) is 11.0. The molecule has 0 spiro atoms. The fraction of sp³-hybridized carbons (Fsp3) is 0.429. The Morgan fingerprint density at radius 1 is 1.00 bits per heavy atom. The molecule has 0 saturated carbocycles. The molecule has 5 heteroatoms. The van der Waals surface area contributed by atoms with E-state index in [2.05, 4.69) is 0 Å². The highest BCUT2D eigenvalue weighted by Gasteiger charge is 2.14. The number of carbonyl (C=O) groups is 4. The molecule has 1 heterocycles. The Labute approximate surface area is 111 Å². The highest BCUT2D eigenvalue weighted by molar-refractivity contribution is 6.01. The van der Waals surface area contributed by atoms with Crippen molar-refractivity contribution in [1.82, 2.24) is 0 Å². The average molecular weight is 264 g/mol. The molecule has 0 saturated heterocycles. The van der Waals surface area contributed by atoms with Gasteiger partial charge < -0.3 is 4.42 Å². The van der Waals surface area contributed by atoms with E-state index in [-0.39, 0.29) is 54.6 Å². The van der Waals surface area contributed by atoms with E-state index in [1.165, 1.54) is 19.9 Å². The molecular formula is C14H16O5. The van der Waals surface area contributed by atoms with E-state index in [9.17, 15) is 19.2 Å². The van der Waals surface area contributed by atoms with E-state index in [0.29, 0.717) is 5.76 Å². The molecule has 1 rings (SSSR count). The quantitative estimate of drug-likeness (QED) is 0.529. The lowest BCUT2D eigenvalue weighted by atomic mass is 10.1. The van der Waals surface area contributed by atoms with E-state index in [4.69, 9.17) is 4.42 Å². The van der Waals surface area contributed by atoms with Gasteiger partial charge in [-0.15, -0.1) is 0 Å². The van der Waals surface area contributed by atoms with Crippen molar-refractivity contribution in [3.05, 3.63) is 23.7 Å². The van der Waals surface area contributed by atoms with Crippen LogP contribution >= 0.6 is 0 Å². The van der Waals surface area contributed by atoms with Crippen LogP contribution in [0, 0.1) is 0 Å². The maximum absolute atomic E-state index is 11.7. The summed E-state index contributed by atoms with van der Waals surface area (Å²) in [5.74, 6) is -0.231. The molecule has 102 valence electrons. The lowest BCUT2D eigenvalue weighted by molar-refractivity contribution is -0.126. The smallest absolute Gasteiger partial charge is 0.198 e. The fourth-order valence-corrected chi connectivity index (χ4v) is 1.61. The molecule has 0 N–H and O–H groups in total. The number of rotatable bonds is 8. The van der Waals surface area contributed by atoms with Gasteiger partial charge in [-0.3, -0.25) is 19.2 Å². The summed E-state index contributed by atoms with van der Waals surface area (Å²) < 4.78 is 5.22. The third kappa shape index (κ3) is 5.42. The van der Waals surface area contributed by atoms with E-state index in [1.54, 1.807) is 6.07 Å². The topological polar surface area (TPSA) is 81.4 Å². The first-order chi connectivity index (χ1) is 8.88. The van der Waals surface area contributed by atoms with Crippen LogP contribution in [0.5, 0.6) is 0 Å².